The molecular weight excluding hydrogens is 310 g/mol. The molecule has 114 valence electrons. The number of benzene rings is 1. The highest BCUT2D eigenvalue weighted by Gasteiger charge is 2.21. The average Bonchev–Trinajstić information content (AvgIpc) is 2.90. The van der Waals surface area contributed by atoms with Crippen molar-refractivity contribution in [2.75, 3.05) is 11.9 Å². The molecule has 1 heterocycles. The van der Waals surface area contributed by atoms with E-state index in [9.17, 15) is 14.4 Å². The summed E-state index contributed by atoms with van der Waals surface area (Å²) < 4.78 is 4.89. The van der Waals surface area contributed by atoms with E-state index in [4.69, 9.17) is 14.9 Å². The van der Waals surface area contributed by atoms with E-state index in [2.05, 4.69) is 5.32 Å². The maximum absolute atomic E-state index is 12.1. The summed E-state index contributed by atoms with van der Waals surface area (Å²) in [6.45, 7) is -0.684. The highest BCUT2D eigenvalue weighted by atomic mass is 32.1. The van der Waals surface area contributed by atoms with Crippen LogP contribution in [0.1, 0.15) is 19.3 Å². The summed E-state index contributed by atoms with van der Waals surface area (Å²) in [5, 5.41) is 20.2. The van der Waals surface area contributed by atoms with E-state index < -0.39 is 24.5 Å². The van der Waals surface area contributed by atoms with Gasteiger partial charge in [0.25, 0.3) is 5.91 Å². The van der Waals surface area contributed by atoms with Crippen LogP contribution < -0.4 is 10.1 Å². The monoisotopic (exact) mass is 321 g/mol. The molecule has 0 saturated carbocycles. The lowest BCUT2D eigenvalue weighted by Gasteiger charge is -2.02. The van der Waals surface area contributed by atoms with Crippen molar-refractivity contribution in [3.63, 3.8) is 0 Å². The fourth-order valence-corrected chi connectivity index (χ4v) is 2.43. The molecule has 2 aromatic rings. The van der Waals surface area contributed by atoms with Crippen LogP contribution in [0, 0.1) is 0 Å². The minimum Gasteiger partial charge on any atom is -0.480 e. The number of carboxylic acid groups (broad SMARTS) is 2. The summed E-state index contributed by atoms with van der Waals surface area (Å²) >= 11 is 0.717. The van der Waals surface area contributed by atoms with E-state index in [0.717, 1.165) is 11.3 Å². The Hall–Kier alpha value is -2.87. The van der Waals surface area contributed by atoms with E-state index >= 15 is 0 Å². The lowest BCUT2D eigenvalue weighted by molar-refractivity contribution is -0.139. The molecule has 0 unspecified atom stereocenters. The van der Waals surface area contributed by atoms with Gasteiger partial charge in [0.15, 0.2) is 11.5 Å². The number of rotatable bonds is 6. The Morgan fingerprint density at radius 2 is 1.82 bits per heavy atom. The molecule has 0 fully saturated rings. The topological polar surface area (TPSA) is 113 Å². The molecular formula is C14H11NO6S. The van der Waals surface area contributed by atoms with Crippen molar-refractivity contribution in [1.82, 2.24) is 0 Å². The fourth-order valence-electron chi connectivity index (χ4n) is 1.60. The third kappa shape index (κ3) is 3.83. The molecule has 0 aliphatic heterocycles. The standard InChI is InChI=1S/C14H11NO6S/c16-11(17)7-21-9-6-10(22-12(9)14(19)20)13(18)15-8-4-2-1-3-5-8/h1-6H,7H2,(H,15,18)(H,16,17)(H,19,20). The van der Waals surface area contributed by atoms with Gasteiger partial charge in [-0.15, -0.1) is 11.3 Å². The van der Waals surface area contributed by atoms with E-state index in [1.165, 1.54) is 6.07 Å². The van der Waals surface area contributed by atoms with E-state index in [0.29, 0.717) is 5.69 Å². The van der Waals surface area contributed by atoms with Gasteiger partial charge < -0.3 is 20.3 Å². The number of aromatic carboxylic acids is 1. The summed E-state index contributed by atoms with van der Waals surface area (Å²) in [4.78, 5) is 33.6. The molecule has 1 aromatic heterocycles. The Balaban J connectivity index is 2.20. The molecule has 0 atom stereocenters. The molecule has 22 heavy (non-hydrogen) atoms. The lowest BCUT2D eigenvalue weighted by atomic mass is 10.3. The highest BCUT2D eigenvalue weighted by Crippen LogP contribution is 2.30. The molecule has 1 aromatic carbocycles. The first-order chi connectivity index (χ1) is 10.5. The quantitative estimate of drug-likeness (QED) is 0.751. The van der Waals surface area contributed by atoms with Gasteiger partial charge in [0, 0.05) is 11.8 Å². The van der Waals surface area contributed by atoms with Gasteiger partial charge in [-0.3, -0.25) is 4.79 Å². The molecule has 0 saturated heterocycles. The average molecular weight is 321 g/mol. The fraction of sp³-hybridized carbons (Fsp3) is 0.0714. The number of hydrogen-bond donors (Lipinski definition) is 3. The minimum absolute atomic E-state index is 0.113. The van der Waals surface area contributed by atoms with Crippen LogP contribution >= 0.6 is 11.3 Å². The Morgan fingerprint density at radius 3 is 2.41 bits per heavy atom. The Labute approximate surface area is 128 Å². The highest BCUT2D eigenvalue weighted by molar-refractivity contribution is 7.16. The molecule has 0 bridgehead atoms. The van der Waals surface area contributed by atoms with Crippen molar-refractivity contribution in [3.8, 4) is 5.75 Å². The molecule has 2 rings (SSSR count). The number of carbonyl (C=O) groups is 3. The maximum Gasteiger partial charge on any atom is 0.349 e. The molecule has 1 amide bonds. The number of nitrogens with one attached hydrogen (secondary N) is 1. The second-order valence-electron chi connectivity index (χ2n) is 4.11. The largest absolute Gasteiger partial charge is 0.480 e. The molecule has 8 heteroatoms. The van der Waals surface area contributed by atoms with Crippen molar-refractivity contribution in [2.24, 2.45) is 0 Å². The van der Waals surface area contributed by atoms with Crippen LogP contribution in [-0.2, 0) is 4.79 Å². The van der Waals surface area contributed by atoms with E-state index in [-0.39, 0.29) is 15.5 Å². The lowest BCUT2D eigenvalue weighted by Crippen LogP contribution is -2.11. The van der Waals surface area contributed by atoms with Crippen LogP contribution in [0.4, 0.5) is 5.69 Å². The number of thiophene rings is 1. The Morgan fingerprint density at radius 1 is 1.14 bits per heavy atom. The summed E-state index contributed by atoms with van der Waals surface area (Å²) in [6, 6.07) is 9.87. The summed E-state index contributed by atoms with van der Waals surface area (Å²) in [5.41, 5.74) is 0.561. The van der Waals surface area contributed by atoms with Crippen LogP contribution in [0.15, 0.2) is 36.4 Å². The van der Waals surface area contributed by atoms with Crippen molar-refractivity contribution in [1.29, 1.82) is 0 Å². The molecule has 0 aliphatic rings. The van der Waals surface area contributed by atoms with Crippen molar-refractivity contribution >= 4 is 34.9 Å². The zero-order chi connectivity index (χ0) is 16.1. The second kappa shape index (κ2) is 6.72. The Bertz CT molecular complexity index is 709. The number of anilines is 1. The van der Waals surface area contributed by atoms with Crippen LogP contribution in [0.25, 0.3) is 0 Å². The number of carboxylic acids is 2. The molecule has 0 aliphatic carbocycles. The van der Waals surface area contributed by atoms with Gasteiger partial charge in [-0.25, -0.2) is 9.59 Å². The van der Waals surface area contributed by atoms with Gasteiger partial charge >= 0.3 is 11.9 Å². The number of ether oxygens (including phenoxy) is 1. The third-order valence-corrected chi connectivity index (χ3v) is 3.60. The zero-order valence-electron chi connectivity index (χ0n) is 11.1. The maximum atomic E-state index is 12.1. The number of carbonyl (C=O) groups excluding carboxylic acids is 1. The van der Waals surface area contributed by atoms with Gasteiger partial charge in [0.05, 0.1) is 4.88 Å². The van der Waals surface area contributed by atoms with Crippen LogP contribution in [0.2, 0.25) is 0 Å². The summed E-state index contributed by atoms with van der Waals surface area (Å²) in [6.07, 6.45) is 0. The predicted octanol–water partition coefficient (Wildman–Crippen LogP) is 2.16. The zero-order valence-corrected chi connectivity index (χ0v) is 11.9. The Kier molecular flexibility index (Phi) is 4.74. The first kappa shape index (κ1) is 15.5. The molecule has 0 spiro atoms. The van der Waals surface area contributed by atoms with E-state index in [1.54, 1.807) is 30.3 Å². The molecule has 3 N–H and O–H groups in total. The van der Waals surface area contributed by atoms with Crippen molar-refractivity contribution < 1.29 is 29.3 Å². The number of hydrogen-bond acceptors (Lipinski definition) is 5. The van der Waals surface area contributed by atoms with Crippen LogP contribution in [-0.4, -0.2) is 34.7 Å². The van der Waals surface area contributed by atoms with Gasteiger partial charge in [-0.1, -0.05) is 18.2 Å². The van der Waals surface area contributed by atoms with E-state index in [1.807, 2.05) is 0 Å². The first-order valence-electron chi connectivity index (χ1n) is 6.05. The second-order valence-corrected chi connectivity index (χ2v) is 5.16. The smallest absolute Gasteiger partial charge is 0.349 e. The predicted molar refractivity (Wildman–Crippen MR) is 78.8 cm³/mol. The van der Waals surface area contributed by atoms with Crippen LogP contribution in [0.5, 0.6) is 5.75 Å². The first-order valence-corrected chi connectivity index (χ1v) is 6.87. The van der Waals surface area contributed by atoms with Crippen molar-refractivity contribution in [2.45, 2.75) is 0 Å². The van der Waals surface area contributed by atoms with Gasteiger partial charge in [0.1, 0.15) is 5.75 Å². The third-order valence-electron chi connectivity index (χ3n) is 2.50. The van der Waals surface area contributed by atoms with Gasteiger partial charge in [-0.2, -0.15) is 0 Å². The van der Waals surface area contributed by atoms with Gasteiger partial charge in [-0.05, 0) is 12.1 Å². The number of aliphatic carboxylic acids is 1. The summed E-state index contributed by atoms with van der Waals surface area (Å²) in [7, 11) is 0. The number of para-hydroxylation sites is 1. The van der Waals surface area contributed by atoms with Crippen molar-refractivity contribution in [3.05, 3.63) is 46.2 Å². The normalized spacial score (nSPS) is 10.0. The molecule has 7 nitrogen and oxygen atoms in total. The van der Waals surface area contributed by atoms with Gasteiger partial charge in [0.2, 0.25) is 0 Å². The SMILES string of the molecule is O=C(O)COc1cc(C(=O)Nc2ccccc2)sc1C(=O)O. The summed E-state index contributed by atoms with van der Waals surface area (Å²) in [5.74, 6) is -3.16. The number of amides is 1. The van der Waals surface area contributed by atoms with Crippen LogP contribution in [0.3, 0.4) is 0 Å². The molecule has 0 radical (unpaired) electrons. The minimum atomic E-state index is -1.29.